The highest BCUT2D eigenvalue weighted by molar-refractivity contribution is 6.03. The molecule has 12 heteroatoms. The van der Waals surface area contributed by atoms with Crippen LogP contribution in [0.2, 0.25) is 0 Å². The van der Waals surface area contributed by atoms with Gasteiger partial charge < -0.3 is 43.6 Å². The second kappa shape index (κ2) is 21.6. The van der Waals surface area contributed by atoms with Gasteiger partial charge in [0.25, 0.3) is 5.91 Å². The summed E-state index contributed by atoms with van der Waals surface area (Å²) in [4.78, 5) is 23.2. The van der Waals surface area contributed by atoms with Gasteiger partial charge in [0.1, 0.15) is 29.9 Å². The number of carbonyl (C=O) groups excluding carboxylic acids is 1. The number of nitrogens with zero attached hydrogens (tertiary/aromatic N) is 3. The van der Waals surface area contributed by atoms with E-state index in [1.807, 2.05) is 72.5 Å². The molecule has 9 rings (SSSR count). The van der Waals surface area contributed by atoms with Crippen molar-refractivity contribution in [3.05, 3.63) is 162 Å². The molecule has 5 aromatic rings. The third kappa shape index (κ3) is 9.86. The Balaban J connectivity index is 1.22. The van der Waals surface area contributed by atoms with Crippen LogP contribution in [-0.2, 0) is 16.1 Å². The Morgan fingerprint density at radius 1 is 0.870 bits per heavy atom. The zero-order valence-electron chi connectivity index (χ0n) is 39.0. The molecule has 0 saturated heterocycles. The maximum atomic E-state index is 15.5. The van der Waals surface area contributed by atoms with Gasteiger partial charge in [-0.1, -0.05) is 78.7 Å². The number of unbranched alkanes of at least 4 members (excludes halogenated alkanes) is 2. The molecule has 2 N–H and O–H groups in total. The fourth-order valence-corrected chi connectivity index (χ4v) is 10.7. The van der Waals surface area contributed by atoms with Gasteiger partial charge >= 0.3 is 0 Å². The number of nitriles is 1. The number of aliphatic hydroxyl groups is 2. The highest BCUT2D eigenvalue weighted by atomic mass is 16.7. The summed E-state index contributed by atoms with van der Waals surface area (Å²) in [5.41, 5.74) is 6.39. The second-order valence-corrected chi connectivity index (χ2v) is 18.0. The summed E-state index contributed by atoms with van der Waals surface area (Å²) in [6, 6.07) is 37.9. The van der Waals surface area contributed by atoms with Crippen molar-refractivity contribution in [2.24, 2.45) is 22.9 Å². The molecule has 1 fully saturated rings. The number of hydrogen-bond acceptors (Lipinski definition) is 11. The molecular weight excluding hydrogens is 871 g/mol. The van der Waals surface area contributed by atoms with Crippen molar-refractivity contribution in [2.45, 2.75) is 76.2 Å². The zero-order valence-corrected chi connectivity index (χ0v) is 39.0. The zero-order chi connectivity index (χ0) is 47.7. The van der Waals surface area contributed by atoms with Crippen molar-refractivity contribution < 1.29 is 43.5 Å². The molecule has 356 valence electrons. The summed E-state index contributed by atoms with van der Waals surface area (Å²) < 4.78 is 32.9. The molecule has 1 amide bonds. The van der Waals surface area contributed by atoms with Crippen LogP contribution in [-0.4, -0.2) is 71.8 Å². The van der Waals surface area contributed by atoms with Crippen molar-refractivity contribution in [2.75, 3.05) is 33.2 Å². The molecule has 2 aliphatic carbocycles. The van der Waals surface area contributed by atoms with Crippen LogP contribution in [0.25, 0.3) is 11.1 Å². The summed E-state index contributed by atoms with van der Waals surface area (Å²) in [5.74, 6) is 0.642. The fraction of sp³-hybridized carbons (Fsp3) is 0.351. The average Bonchev–Trinajstić information content (AvgIpc) is 3.86. The van der Waals surface area contributed by atoms with Crippen LogP contribution >= 0.6 is 0 Å². The lowest BCUT2D eigenvalue weighted by Gasteiger charge is -2.60. The van der Waals surface area contributed by atoms with Gasteiger partial charge in [0.15, 0.2) is 11.5 Å². The predicted molar refractivity (Wildman–Crippen MR) is 262 cm³/mol. The highest BCUT2D eigenvalue weighted by Crippen LogP contribution is 2.62. The lowest BCUT2D eigenvalue weighted by molar-refractivity contribution is -0.255. The number of hydrogen-bond donors (Lipinski definition) is 2. The van der Waals surface area contributed by atoms with E-state index in [1.165, 1.54) is 0 Å². The number of rotatable bonds is 20. The number of amides is 1. The molecule has 2 aliphatic heterocycles. The Morgan fingerprint density at radius 2 is 1.59 bits per heavy atom. The normalized spacial score (nSPS) is 22.3. The van der Waals surface area contributed by atoms with E-state index in [9.17, 15) is 15.5 Å². The molecule has 0 radical (unpaired) electrons. The van der Waals surface area contributed by atoms with Crippen molar-refractivity contribution >= 4 is 11.6 Å². The van der Waals surface area contributed by atoms with Crippen LogP contribution in [0, 0.1) is 29.1 Å². The van der Waals surface area contributed by atoms with Crippen LogP contribution in [0.5, 0.6) is 28.7 Å². The molecule has 69 heavy (non-hydrogen) atoms. The van der Waals surface area contributed by atoms with Gasteiger partial charge in [0.05, 0.1) is 29.9 Å². The summed E-state index contributed by atoms with van der Waals surface area (Å²) >= 11 is 0. The molecule has 6 atom stereocenters. The van der Waals surface area contributed by atoms with Crippen molar-refractivity contribution in [1.29, 1.82) is 5.26 Å². The first-order valence-corrected chi connectivity index (χ1v) is 24.1. The first kappa shape index (κ1) is 47.2. The molecule has 2 heterocycles. The summed E-state index contributed by atoms with van der Waals surface area (Å²) in [6.07, 6.45) is 8.74. The molecule has 6 unspecified atom stereocenters. The van der Waals surface area contributed by atoms with E-state index in [0.717, 1.165) is 53.5 Å². The topological polar surface area (TPSA) is 152 Å². The van der Waals surface area contributed by atoms with E-state index in [4.69, 9.17) is 33.7 Å². The monoisotopic (exact) mass is 929 g/mol. The van der Waals surface area contributed by atoms with E-state index in [1.54, 1.807) is 30.3 Å². The van der Waals surface area contributed by atoms with Gasteiger partial charge in [-0.25, -0.2) is 0 Å². The minimum absolute atomic E-state index is 0.0161. The first-order valence-electron chi connectivity index (χ1n) is 24.1. The van der Waals surface area contributed by atoms with Crippen LogP contribution < -0.4 is 18.9 Å². The average molecular weight is 930 g/mol. The lowest BCUT2D eigenvalue weighted by atomic mass is 9.55. The van der Waals surface area contributed by atoms with Gasteiger partial charge in [-0.3, -0.25) is 4.79 Å². The molecule has 0 spiro atoms. The van der Waals surface area contributed by atoms with Crippen LogP contribution in [0.15, 0.2) is 145 Å². The Kier molecular flexibility index (Phi) is 14.8. The number of oxime groups is 1. The number of fused-ring (bicyclic) bond motifs is 3. The quantitative estimate of drug-likeness (QED) is 0.0438. The van der Waals surface area contributed by atoms with E-state index in [2.05, 4.69) is 49.1 Å². The Hall–Kier alpha value is -6.91. The number of ether oxygens (including phenoxy) is 5. The Morgan fingerprint density at radius 3 is 2.33 bits per heavy atom. The summed E-state index contributed by atoms with van der Waals surface area (Å²) in [7, 11) is 0. The lowest BCUT2D eigenvalue weighted by Crippen LogP contribution is -2.70. The summed E-state index contributed by atoms with van der Waals surface area (Å²) in [6.45, 7) is 6.82. The van der Waals surface area contributed by atoms with E-state index < -0.39 is 17.7 Å². The van der Waals surface area contributed by atoms with E-state index in [0.29, 0.717) is 65.0 Å². The van der Waals surface area contributed by atoms with Gasteiger partial charge in [0.2, 0.25) is 12.6 Å². The van der Waals surface area contributed by atoms with Crippen LogP contribution in [0.3, 0.4) is 0 Å². The van der Waals surface area contributed by atoms with Crippen LogP contribution in [0.4, 0.5) is 0 Å². The van der Waals surface area contributed by atoms with Crippen molar-refractivity contribution in [1.82, 2.24) is 4.90 Å². The van der Waals surface area contributed by atoms with E-state index in [-0.39, 0.29) is 63.2 Å². The van der Waals surface area contributed by atoms with Gasteiger partial charge in [-0.05, 0) is 133 Å². The number of allylic oxidation sites excluding steroid dienone is 1. The van der Waals surface area contributed by atoms with Crippen LogP contribution in [0.1, 0.15) is 84.8 Å². The molecule has 4 aliphatic rings. The highest BCUT2D eigenvalue weighted by Gasteiger charge is 2.65. The third-order valence-electron chi connectivity index (χ3n) is 13.8. The van der Waals surface area contributed by atoms with Gasteiger partial charge in [-0.15, -0.1) is 6.58 Å². The fourth-order valence-electron chi connectivity index (χ4n) is 10.7. The van der Waals surface area contributed by atoms with Crippen molar-refractivity contribution in [3.63, 3.8) is 0 Å². The molecule has 5 aromatic carbocycles. The van der Waals surface area contributed by atoms with Gasteiger partial charge in [-0.2, -0.15) is 5.26 Å². The van der Waals surface area contributed by atoms with E-state index >= 15 is 4.79 Å². The molecular formula is C57H59N3O9. The SMILES string of the molecule is C=CCOC12Oc3ccc(Oc4ccc(-c5ccccc5)cc4)cc3C3C(CCCCO)C(CCCCO)C=C(C(=NOCC)CC1N(Cc1ccc4c(c1)OCO4)C(=O)c1ccc(C#N)cc1)C32. The standard InChI is InChI=1S/C57H59N3O9/c1-3-30-66-57-53(60(56(63)42-19-16-38(35-58)17-20-42)36-39-18-26-51-52(31-39)65-37-64-51)34-49(59-67-4-2)47-32-43(14-8-10-28-61)46(15-9-11-29-62)54(55(47)57)48-33-45(25-27-50(48)69-57)68-44-23-21-41(22-24-44)40-12-6-5-7-13-40/h3,5-7,12-13,16-27,31-33,43,46,53-55,61-62H,1,4,8-11,14-15,28-30,34,36-37H2,2H3. The Labute approximate surface area is 404 Å². The minimum Gasteiger partial charge on any atom is -0.459 e. The van der Waals surface area contributed by atoms with Crippen molar-refractivity contribution in [3.8, 4) is 45.9 Å². The second-order valence-electron chi connectivity index (χ2n) is 18.0. The Bertz CT molecular complexity index is 2700. The predicted octanol–water partition coefficient (Wildman–Crippen LogP) is 10.7. The largest absolute Gasteiger partial charge is 0.459 e. The smallest absolute Gasteiger partial charge is 0.254 e. The summed E-state index contributed by atoms with van der Waals surface area (Å²) in [5, 5.41) is 34.6. The molecule has 12 nitrogen and oxygen atoms in total. The van der Waals surface area contributed by atoms with Gasteiger partial charge in [0, 0.05) is 43.2 Å². The molecule has 1 saturated carbocycles. The molecule has 0 aromatic heterocycles. The number of carbonyl (C=O) groups is 1. The first-order chi connectivity index (χ1) is 33.9. The molecule has 0 bridgehead atoms. The third-order valence-corrected chi connectivity index (χ3v) is 13.8. The number of aliphatic hydroxyl groups excluding tert-OH is 2. The number of benzene rings is 5. The minimum atomic E-state index is -1.50. The maximum Gasteiger partial charge on any atom is 0.254 e. The maximum absolute atomic E-state index is 15.5.